The normalized spacial score (nSPS) is 10.5. The van der Waals surface area contributed by atoms with Crippen LogP contribution in [0.2, 0.25) is 0 Å². The Balaban J connectivity index is 2.76. The number of aromatic carboxylic acids is 1. The molecule has 0 aliphatic rings. The molecule has 2 aromatic rings. The molecule has 0 aliphatic heterocycles. The van der Waals surface area contributed by atoms with Crippen molar-refractivity contribution >= 4 is 11.6 Å². The molecule has 13 heavy (non-hydrogen) atoms. The Hall–Kier alpha value is -1.91. The summed E-state index contributed by atoms with van der Waals surface area (Å²) in [6.07, 6.45) is 3.22. The summed E-state index contributed by atoms with van der Waals surface area (Å²) in [5, 5.41) is 12.7. The van der Waals surface area contributed by atoms with Crippen LogP contribution < -0.4 is 0 Å². The van der Waals surface area contributed by atoms with E-state index in [0.717, 1.165) is 0 Å². The van der Waals surface area contributed by atoms with Crippen LogP contribution in [-0.2, 0) is 0 Å². The van der Waals surface area contributed by atoms with E-state index in [9.17, 15) is 4.79 Å². The monoisotopic (exact) mass is 177 g/mol. The molecule has 0 amide bonds. The Morgan fingerprint density at radius 2 is 2.38 bits per heavy atom. The number of hydrogen-bond acceptors (Lipinski definition) is 3. The SMILES string of the molecule is Cc1cn2nccc2nc1C(=O)O. The van der Waals surface area contributed by atoms with Gasteiger partial charge in [-0.1, -0.05) is 0 Å². The standard InChI is InChI=1S/C8H7N3O2/c1-5-4-11-6(2-3-9-11)10-7(5)8(12)13/h2-4H,1H3,(H,12,13). The number of carboxylic acid groups (broad SMARTS) is 1. The summed E-state index contributed by atoms with van der Waals surface area (Å²) in [6, 6.07) is 1.66. The highest BCUT2D eigenvalue weighted by molar-refractivity contribution is 5.87. The van der Waals surface area contributed by atoms with Gasteiger partial charge in [-0.25, -0.2) is 14.3 Å². The number of hydrogen-bond donors (Lipinski definition) is 1. The molecule has 0 fully saturated rings. The average Bonchev–Trinajstić information content (AvgIpc) is 2.48. The fourth-order valence-corrected chi connectivity index (χ4v) is 1.16. The maximum absolute atomic E-state index is 10.7. The molecule has 5 nitrogen and oxygen atoms in total. The van der Waals surface area contributed by atoms with Gasteiger partial charge >= 0.3 is 5.97 Å². The number of carbonyl (C=O) groups is 1. The van der Waals surface area contributed by atoms with Crippen molar-refractivity contribution in [3.8, 4) is 0 Å². The Bertz CT molecular complexity index is 475. The van der Waals surface area contributed by atoms with Crippen molar-refractivity contribution in [2.24, 2.45) is 0 Å². The number of aryl methyl sites for hydroxylation is 1. The van der Waals surface area contributed by atoms with E-state index in [1.807, 2.05) is 0 Å². The molecule has 0 bridgehead atoms. The summed E-state index contributed by atoms with van der Waals surface area (Å²) >= 11 is 0. The highest BCUT2D eigenvalue weighted by Crippen LogP contribution is 2.06. The summed E-state index contributed by atoms with van der Waals surface area (Å²) in [7, 11) is 0. The molecule has 2 rings (SSSR count). The number of fused-ring (bicyclic) bond motifs is 1. The topological polar surface area (TPSA) is 67.5 Å². The molecule has 0 spiro atoms. The second kappa shape index (κ2) is 2.55. The van der Waals surface area contributed by atoms with Crippen LogP contribution in [0, 0.1) is 6.92 Å². The minimum Gasteiger partial charge on any atom is -0.477 e. The summed E-state index contributed by atoms with van der Waals surface area (Å²) < 4.78 is 1.54. The van der Waals surface area contributed by atoms with E-state index in [1.165, 1.54) is 0 Å². The first kappa shape index (κ1) is 7.72. The Kier molecular flexibility index (Phi) is 1.51. The maximum atomic E-state index is 10.7. The molecule has 0 atom stereocenters. The van der Waals surface area contributed by atoms with Crippen LogP contribution >= 0.6 is 0 Å². The lowest BCUT2D eigenvalue weighted by atomic mass is 10.2. The van der Waals surface area contributed by atoms with Crippen molar-refractivity contribution in [2.75, 3.05) is 0 Å². The molecule has 0 aromatic carbocycles. The molecule has 0 saturated carbocycles. The minimum atomic E-state index is -1.01. The molecule has 0 aliphatic carbocycles. The second-order valence-electron chi connectivity index (χ2n) is 2.71. The summed E-state index contributed by atoms with van der Waals surface area (Å²) in [5.41, 5.74) is 1.22. The zero-order valence-electron chi connectivity index (χ0n) is 6.93. The van der Waals surface area contributed by atoms with Gasteiger partial charge in [0.2, 0.25) is 0 Å². The van der Waals surface area contributed by atoms with Crippen LogP contribution in [0.3, 0.4) is 0 Å². The zero-order valence-corrected chi connectivity index (χ0v) is 6.93. The maximum Gasteiger partial charge on any atom is 0.354 e. The number of aromatic nitrogens is 3. The van der Waals surface area contributed by atoms with Gasteiger partial charge in [-0.2, -0.15) is 5.10 Å². The molecule has 1 N–H and O–H groups in total. The highest BCUT2D eigenvalue weighted by atomic mass is 16.4. The van der Waals surface area contributed by atoms with Gasteiger partial charge in [0.25, 0.3) is 0 Å². The number of nitrogens with zero attached hydrogens (tertiary/aromatic N) is 3. The summed E-state index contributed by atoms with van der Waals surface area (Å²) in [5.74, 6) is -1.01. The van der Waals surface area contributed by atoms with E-state index in [2.05, 4.69) is 10.1 Å². The van der Waals surface area contributed by atoms with E-state index in [4.69, 9.17) is 5.11 Å². The van der Waals surface area contributed by atoms with Crippen LogP contribution in [0.4, 0.5) is 0 Å². The minimum absolute atomic E-state index is 0.0769. The highest BCUT2D eigenvalue weighted by Gasteiger charge is 2.10. The number of carboxylic acids is 1. The summed E-state index contributed by atoms with van der Waals surface area (Å²) in [6.45, 7) is 1.69. The van der Waals surface area contributed by atoms with Gasteiger partial charge in [-0.3, -0.25) is 0 Å². The van der Waals surface area contributed by atoms with Crippen molar-refractivity contribution in [3.63, 3.8) is 0 Å². The first-order chi connectivity index (χ1) is 6.18. The van der Waals surface area contributed by atoms with Crippen LogP contribution in [0.5, 0.6) is 0 Å². The van der Waals surface area contributed by atoms with Crippen LogP contribution in [-0.4, -0.2) is 25.7 Å². The molecular formula is C8H7N3O2. The average molecular weight is 177 g/mol. The molecule has 0 saturated heterocycles. The third kappa shape index (κ3) is 1.14. The van der Waals surface area contributed by atoms with E-state index in [1.54, 1.807) is 29.9 Å². The Morgan fingerprint density at radius 1 is 1.62 bits per heavy atom. The predicted molar refractivity (Wildman–Crippen MR) is 44.7 cm³/mol. The van der Waals surface area contributed by atoms with E-state index < -0.39 is 5.97 Å². The quantitative estimate of drug-likeness (QED) is 0.697. The van der Waals surface area contributed by atoms with Crippen molar-refractivity contribution in [3.05, 3.63) is 29.7 Å². The fourth-order valence-electron chi connectivity index (χ4n) is 1.16. The third-order valence-corrected chi connectivity index (χ3v) is 1.77. The van der Waals surface area contributed by atoms with Crippen molar-refractivity contribution in [2.45, 2.75) is 6.92 Å². The molecular weight excluding hydrogens is 170 g/mol. The zero-order chi connectivity index (χ0) is 9.42. The Morgan fingerprint density at radius 3 is 3.08 bits per heavy atom. The van der Waals surface area contributed by atoms with Crippen molar-refractivity contribution in [1.29, 1.82) is 0 Å². The largest absolute Gasteiger partial charge is 0.477 e. The van der Waals surface area contributed by atoms with Crippen LogP contribution in [0.1, 0.15) is 16.1 Å². The molecule has 66 valence electrons. The van der Waals surface area contributed by atoms with Gasteiger partial charge in [0.1, 0.15) is 0 Å². The van der Waals surface area contributed by atoms with Gasteiger partial charge in [0.15, 0.2) is 11.3 Å². The van der Waals surface area contributed by atoms with Gasteiger partial charge in [0.05, 0.1) is 6.20 Å². The molecule has 2 heterocycles. The first-order valence-corrected chi connectivity index (χ1v) is 3.73. The van der Waals surface area contributed by atoms with Crippen molar-refractivity contribution in [1.82, 2.24) is 14.6 Å². The van der Waals surface area contributed by atoms with Gasteiger partial charge in [-0.05, 0) is 6.92 Å². The Labute approximate surface area is 73.6 Å². The van der Waals surface area contributed by atoms with E-state index >= 15 is 0 Å². The van der Waals surface area contributed by atoms with Crippen LogP contribution in [0.25, 0.3) is 5.65 Å². The molecule has 0 radical (unpaired) electrons. The van der Waals surface area contributed by atoms with E-state index in [0.29, 0.717) is 11.2 Å². The predicted octanol–water partition coefficient (Wildman–Crippen LogP) is 0.736. The lowest BCUT2D eigenvalue weighted by Crippen LogP contribution is -2.05. The second-order valence-corrected chi connectivity index (χ2v) is 2.71. The molecule has 0 unspecified atom stereocenters. The lowest BCUT2D eigenvalue weighted by molar-refractivity contribution is 0.0690. The van der Waals surface area contributed by atoms with Gasteiger partial charge < -0.3 is 5.11 Å². The molecule has 5 heteroatoms. The molecule has 2 aromatic heterocycles. The first-order valence-electron chi connectivity index (χ1n) is 3.73. The summed E-state index contributed by atoms with van der Waals surface area (Å²) in [4.78, 5) is 14.6. The van der Waals surface area contributed by atoms with Gasteiger partial charge in [-0.15, -0.1) is 0 Å². The lowest BCUT2D eigenvalue weighted by Gasteiger charge is -1.99. The third-order valence-electron chi connectivity index (χ3n) is 1.77. The fraction of sp³-hybridized carbons (Fsp3) is 0.125. The van der Waals surface area contributed by atoms with E-state index in [-0.39, 0.29) is 5.69 Å². The van der Waals surface area contributed by atoms with Gasteiger partial charge in [0, 0.05) is 17.8 Å². The van der Waals surface area contributed by atoms with Crippen LogP contribution in [0.15, 0.2) is 18.5 Å². The smallest absolute Gasteiger partial charge is 0.354 e. The number of rotatable bonds is 1. The van der Waals surface area contributed by atoms with Crippen molar-refractivity contribution < 1.29 is 9.90 Å².